The molecule has 2 amide bonds. The normalized spacial score (nSPS) is 15.1. The topological polar surface area (TPSA) is 44.4 Å². The molecule has 1 saturated heterocycles. The Labute approximate surface area is 169 Å². The van der Waals surface area contributed by atoms with Gasteiger partial charge in [0.15, 0.2) is 0 Å². The lowest BCUT2D eigenvalue weighted by molar-refractivity contribution is 0.246. The van der Waals surface area contributed by atoms with E-state index in [2.05, 4.69) is 85.7 Å². The molecule has 4 nitrogen and oxygen atoms in total. The molecule has 0 saturated carbocycles. The van der Waals surface area contributed by atoms with E-state index in [0.29, 0.717) is 11.8 Å². The summed E-state index contributed by atoms with van der Waals surface area (Å²) in [5, 5.41) is 6.36. The Bertz CT molecular complexity index is 751. The van der Waals surface area contributed by atoms with Gasteiger partial charge < -0.3 is 15.5 Å². The van der Waals surface area contributed by atoms with Crippen molar-refractivity contribution in [2.24, 2.45) is 0 Å². The van der Waals surface area contributed by atoms with Crippen LogP contribution in [0.1, 0.15) is 63.5 Å². The van der Waals surface area contributed by atoms with E-state index < -0.39 is 0 Å². The van der Waals surface area contributed by atoms with Crippen LogP contribution in [0.3, 0.4) is 0 Å². The number of amides is 2. The Morgan fingerprint density at radius 1 is 0.893 bits per heavy atom. The first-order chi connectivity index (χ1) is 13.5. The molecule has 28 heavy (non-hydrogen) atoms. The van der Waals surface area contributed by atoms with Gasteiger partial charge in [-0.25, -0.2) is 4.79 Å². The molecule has 0 atom stereocenters. The first-order valence-corrected chi connectivity index (χ1v) is 10.5. The van der Waals surface area contributed by atoms with Crippen LogP contribution in [0.25, 0.3) is 0 Å². The Balaban J connectivity index is 1.61. The lowest BCUT2D eigenvalue weighted by Gasteiger charge is -2.34. The molecule has 2 N–H and O–H groups in total. The van der Waals surface area contributed by atoms with Crippen LogP contribution in [0.15, 0.2) is 48.5 Å². The van der Waals surface area contributed by atoms with Gasteiger partial charge in [-0.2, -0.15) is 0 Å². The SMILES string of the molecule is CC(C)c1cccc(C(C)C)c1NC(=O)NC1CCN(c2ccccc2)CC1. The van der Waals surface area contributed by atoms with Crippen molar-refractivity contribution in [2.75, 3.05) is 23.3 Å². The molecule has 1 aliphatic rings. The molecule has 150 valence electrons. The molecular formula is C24H33N3O. The summed E-state index contributed by atoms with van der Waals surface area (Å²) in [5.74, 6) is 0.728. The van der Waals surface area contributed by atoms with Gasteiger partial charge in [0.25, 0.3) is 0 Å². The van der Waals surface area contributed by atoms with E-state index in [1.54, 1.807) is 0 Å². The number of nitrogens with one attached hydrogen (secondary N) is 2. The zero-order valence-corrected chi connectivity index (χ0v) is 17.5. The van der Waals surface area contributed by atoms with Crippen molar-refractivity contribution in [3.63, 3.8) is 0 Å². The summed E-state index contributed by atoms with van der Waals surface area (Å²) in [4.78, 5) is 15.1. The molecule has 1 fully saturated rings. The highest BCUT2D eigenvalue weighted by Crippen LogP contribution is 2.32. The molecule has 3 rings (SSSR count). The van der Waals surface area contributed by atoms with Gasteiger partial charge in [0.2, 0.25) is 0 Å². The smallest absolute Gasteiger partial charge is 0.319 e. The number of nitrogens with zero attached hydrogens (tertiary/aromatic N) is 1. The Morgan fingerprint density at radius 3 is 2.00 bits per heavy atom. The third-order valence-corrected chi connectivity index (χ3v) is 5.56. The fourth-order valence-corrected chi connectivity index (χ4v) is 3.95. The number of carbonyl (C=O) groups is 1. The van der Waals surface area contributed by atoms with Crippen LogP contribution in [0.2, 0.25) is 0 Å². The highest BCUT2D eigenvalue weighted by atomic mass is 16.2. The minimum atomic E-state index is -0.0897. The van der Waals surface area contributed by atoms with Crippen LogP contribution in [0.4, 0.5) is 16.2 Å². The monoisotopic (exact) mass is 379 g/mol. The fraction of sp³-hybridized carbons (Fsp3) is 0.458. The maximum atomic E-state index is 12.7. The van der Waals surface area contributed by atoms with Crippen molar-refractivity contribution in [1.29, 1.82) is 0 Å². The highest BCUT2D eigenvalue weighted by Gasteiger charge is 2.22. The number of piperidine rings is 1. The van der Waals surface area contributed by atoms with E-state index in [1.807, 2.05) is 6.07 Å². The summed E-state index contributed by atoms with van der Waals surface area (Å²) in [7, 11) is 0. The minimum absolute atomic E-state index is 0.0897. The molecule has 1 aliphatic heterocycles. The number of hydrogen-bond acceptors (Lipinski definition) is 2. The number of para-hydroxylation sites is 2. The fourth-order valence-electron chi connectivity index (χ4n) is 3.95. The van der Waals surface area contributed by atoms with Crippen LogP contribution >= 0.6 is 0 Å². The zero-order valence-electron chi connectivity index (χ0n) is 17.5. The van der Waals surface area contributed by atoms with Crippen molar-refractivity contribution in [2.45, 2.75) is 58.4 Å². The molecule has 0 bridgehead atoms. The second-order valence-electron chi connectivity index (χ2n) is 8.32. The zero-order chi connectivity index (χ0) is 20.1. The minimum Gasteiger partial charge on any atom is -0.371 e. The van der Waals surface area contributed by atoms with Gasteiger partial charge in [0.05, 0.1) is 0 Å². The Hall–Kier alpha value is -2.49. The van der Waals surface area contributed by atoms with Crippen LogP contribution in [0, 0.1) is 0 Å². The second kappa shape index (κ2) is 9.13. The Kier molecular flexibility index (Phi) is 6.61. The van der Waals surface area contributed by atoms with Gasteiger partial charge in [0, 0.05) is 30.5 Å². The van der Waals surface area contributed by atoms with Crippen molar-refractivity contribution < 1.29 is 4.79 Å². The van der Waals surface area contributed by atoms with Crippen LogP contribution < -0.4 is 15.5 Å². The van der Waals surface area contributed by atoms with Crippen molar-refractivity contribution in [3.05, 3.63) is 59.7 Å². The number of rotatable bonds is 5. The van der Waals surface area contributed by atoms with E-state index in [-0.39, 0.29) is 12.1 Å². The summed E-state index contributed by atoms with van der Waals surface area (Å²) in [5.41, 5.74) is 4.63. The van der Waals surface area contributed by atoms with Crippen molar-refractivity contribution >= 4 is 17.4 Å². The van der Waals surface area contributed by atoms with Gasteiger partial charge in [0.1, 0.15) is 0 Å². The molecule has 0 radical (unpaired) electrons. The van der Waals surface area contributed by atoms with Gasteiger partial charge in [-0.15, -0.1) is 0 Å². The van der Waals surface area contributed by atoms with E-state index in [9.17, 15) is 4.79 Å². The van der Waals surface area contributed by atoms with Gasteiger partial charge in [-0.3, -0.25) is 0 Å². The quantitative estimate of drug-likeness (QED) is 0.697. The Morgan fingerprint density at radius 2 is 1.46 bits per heavy atom. The van der Waals surface area contributed by atoms with Crippen molar-refractivity contribution in [1.82, 2.24) is 5.32 Å². The second-order valence-corrected chi connectivity index (χ2v) is 8.32. The number of hydrogen-bond donors (Lipinski definition) is 2. The molecule has 4 heteroatoms. The molecule has 2 aromatic rings. The van der Waals surface area contributed by atoms with Gasteiger partial charge in [-0.1, -0.05) is 64.1 Å². The average Bonchev–Trinajstić information content (AvgIpc) is 2.69. The number of carbonyl (C=O) groups excluding carboxylic acids is 1. The van der Waals surface area contributed by atoms with Crippen LogP contribution in [-0.4, -0.2) is 25.2 Å². The lowest BCUT2D eigenvalue weighted by atomic mass is 9.93. The molecule has 0 unspecified atom stereocenters. The maximum absolute atomic E-state index is 12.7. The van der Waals surface area contributed by atoms with E-state index >= 15 is 0 Å². The number of anilines is 2. The average molecular weight is 380 g/mol. The molecule has 0 spiro atoms. The largest absolute Gasteiger partial charge is 0.371 e. The lowest BCUT2D eigenvalue weighted by Crippen LogP contribution is -2.46. The van der Waals surface area contributed by atoms with Gasteiger partial charge >= 0.3 is 6.03 Å². The van der Waals surface area contributed by atoms with E-state index in [0.717, 1.165) is 31.6 Å². The van der Waals surface area contributed by atoms with E-state index in [1.165, 1.54) is 16.8 Å². The summed E-state index contributed by atoms with van der Waals surface area (Å²) < 4.78 is 0. The number of benzene rings is 2. The summed E-state index contributed by atoms with van der Waals surface area (Å²) in [6.07, 6.45) is 1.93. The first-order valence-electron chi connectivity index (χ1n) is 10.5. The predicted molar refractivity (Wildman–Crippen MR) is 118 cm³/mol. The van der Waals surface area contributed by atoms with Crippen LogP contribution in [0.5, 0.6) is 0 Å². The molecule has 0 aromatic heterocycles. The van der Waals surface area contributed by atoms with Crippen LogP contribution in [-0.2, 0) is 0 Å². The molecule has 0 aliphatic carbocycles. The third-order valence-electron chi connectivity index (χ3n) is 5.56. The highest BCUT2D eigenvalue weighted by molar-refractivity contribution is 5.91. The summed E-state index contributed by atoms with van der Waals surface area (Å²) in [6, 6.07) is 16.9. The third kappa shape index (κ3) is 4.86. The standard InChI is InChI=1S/C24H33N3O/c1-17(2)21-11-8-12-22(18(3)4)23(21)26-24(28)25-19-13-15-27(16-14-19)20-9-6-5-7-10-20/h5-12,17-19H,13-16H2,1-4H3,(H2,25,26,28). The van der Waals surface area contributed by atoms with Gasteiger partial charge in [-0.05, 0) is 47.9 Å². The van der Waals surface area contributed by atoms with E-state index in [4.69, 9.17) is 0 Å². The summed E-state index contributed by atoms with van der Waals surface area (Å²) in [6.45, 7) is 10.6. The molecular weight excluding hydrogens is 346 g/mol. The molecule has 1 heterocycles. The number of urea groups is 1. The molecule has 2 aromatic carbocycles. The first kappa shape index (κ1) is 20.2. The summed E-state index contributed by atoms with van der Waals surface area (Å²) >= 11 is 0. The maximum Gasteiger partial charge on any atom is 0.319 e. The van der Waals surface area contributed by atoms with Crippen molar-refractivity contribution in [3.8, 4) is 0 Å². The predicted octanol–water partition coefficient (Wildman–Crippen LogP) is 5.72.